The average molecular weight is 316 g/mol. The minimum Gasteiger partial charge on any atom is -0.364 e. The summed E-state index contributed by atoms with van der Waals surface area (Å²) in [5.41, 5.74) is 0.626. The Labute approximate surface area is 134 Å². The number of nitrogens with one attached hydrogen (secondary N) is 2. The van der Waals surface area contributed by atoms with Crippen LogP contribution in [-0.2, 0) is 0 Å². The molecule has 0 saturated carbocycles. The molecular formula is C15H20N6O2. The molecular weight excluding hydrogens is 296 g/mol. The largest absolute Gasteiger partial charge is 0.364 e. The number of pyridine rings is 1. The molecule has 2 rings (SSSR count). The molecule has 2 aromatic rings. The molecule has 0 spiro atoms. The maximum absolute atomic E-state index is 11.4. The van der Waals surface area contributed by atoms with Crippen molar-refractivity contribution in [2.45, 2.75) is 27.2 Å². The van der Waals surface area contributed by atoms with Crippen LogP contribution in [0, 0.1) is 23.0 Å². The Bertz CT molecular complexity index is 689. The van der Waals surface area contributed by atoms with Crippen molar-refractivity contribution in [3.05, 3.63) is 40.3 Å². The van der Waals surface area contributed by atoms with Gasteiger partial charge >= 0.3 is 5.69 Å². The smallest absolute Gasteiger partial charge is 0.353 e. The molecule has 0 saturated heterocycles. The highest BCUT2D eigenvalue weighted by Crippen LogP contribution is 2.30. The van der Waals surface area contributed by atoms with Gasteiger partial charge in [-0.25, -0.2) is 15.0 Å². The predicted molar refractivity (Wildman–Crippen MR) is 88.9 cm³/mol. The molecule has 0 radical (unpaired) electrons. The lowest BCUT2D eigenvalue weighted by Gasteiger charge is -2.10. The first kappa shape index (κ1) is 16.6. The molecule has 2 N–H and O–H groups in total. The van der Waals surface area contributed by atoms with E-state index in [-0.39, 0.29) is 17.3 Å². The fraction of sp³-hybridized carbons (Fsp3) is 0.400. The number of nitro groups is 1. The van der Waals surface area contributed by atoms with E-state index in [1.54, 1.807) is 6.07 Å². The Hall–Kier alpha value is -2.77. The molecule has 2 heterocycles. The van der Waals surface area contributed by atoms with Gasteiger partial charge in [0.15, 0.2) is 0 Å². The van der Waals surface area contributed by atoms with E-state index < -0.39 is 4.92 Å². The van der Waals surface area contributed by atoms with Crippen LogP contribution in [0.3, 0.4) is 0 Å². The minimum absolute atomic E-state index is 0.121. The van der Waals surface area contributed by atoms with Gasteiger partial charge in [0.05, 0.1) is 4.92 Å². The van der Waals surface area contributed by atoms with Crippen LogP contribution in [0.2, 0.25) is 0 Å². The topological polar surface area (TPSA) is 106 Å². The van der Waals surface area contributed by atoms with E-state index in [0.717, 1.165) is 12.1 Å². The first-order valence-corrected chi connectivity index (χ1v) is 7.41. The van der Waals surface area contributed by atoms with Crippen molar-refractivity contribution in [1.29, 1.82) is 0 Å². The third-order valence-electron chi connectivity index (χ3n) is 3.15. The van der Waals surface area contributed by atoms with Crippen molar-refractivity contribution in [1.82, 2.24) is 15.0 Å². The Balaban J connectivity index is 2.26. The summed E-state index contributed by atoms with van der Waals surface area (Å²) in [5, 5.41) is 17.3. The number of anilines is 3. The standard InChI is InChI=1S/C15H20N6O2/c1-10(2)7-8-16-14-13(21(22)23)15(18-9-17-14)20-12-6-4-5-11(3)19-12/h4-6,9-10H,7-8H2,1-3H3,(H2,16,17,18,19,20). The molecule has 2 aromatic heterocycles. The van der Waals surface area contributed by atoms with Gasteiger partial charge in [0.25, 0.3) is 0 Å². The van der Waals surface area contributed by atoms with E-state index in [0.29, 0.717) is 18.3 Å². The number of hydrogen-bond donors (Lipinski definition) is 2. The Morgan fingerprint density at radius 1 is 1.26 bits per heavy atom. The SMILES string of the molecule is Cc1cccc(Nc2ncnc(NCCC(C)C)c2[N+](=O)[O-])n1. The number of nitrogens with zero attached hydrogens (tertiary/aromatic N) is 4. The van der Waals surface area contributed by atoms with Crippen molar-refractivity contribution >= 4 is 23.1 Å². The lowest BCUT2D eigenvalue weighted by atomic mass is 10.1. The van der Waals surface area contributed by atoms with Crippen LogP contribution in [0.1, 0.15) is 26.0 Å². The van der Waals surface area contributed by atoms with E-state index >= 15 is 0 Å². The summed E-state index contributed by atoms with van der Waals surface area (Å²) >= 11 is 0. The summed E-state index contributed by atoms with van der Waals surface area (Å²) in [5.74, 6) is 1.33. The molecule has 0 fully saturated rings. The first-order valence-electron chi connectivity index (χ1n) is 7.41. The summed E-state index contributed by atoms with van der Waals surface area (Å²) in [4.78, 5) is 23.2. The maximum Gasteiger partial charge on any atom is 0.353 e. The van der Waals surface area contributed by atoms with Crippen LogP contribution in [0.15, 0.2) is 24.5 Å². The lowest BCUT2D eigenvalue weighted by Crippen LogP contribution is -2.10. The van der Waals surface area contributed by atoms with E-state index in [2.05, 4.69) is 39.4 Å². The molecule has 0 aliphatic rings. The van der Waals surface area contributed by atoms with Crippen molar-refractivity contribution in [3.63, 3.8) is 0 Å². The monoisotopic (exact) mass is 316 g/mol. The molecule has 23 heavy (non-hydrogen) atoms. The molecule has 0 aliphatic heterocycles. The summed E-state index contributed by atoms with van der Waals surface area (Å²) in [6, 6.07) is 5.39. The highest BCUT2D eigenvalue weighted by molar-refractivity contribution is 5.72. The van der Waals surface area contributed by atoms with Gasteiger partial charge in [-0.15, -0.1) is 0 Å². The van der Waals surface area contributed by atoms with Gasteiger partial charge in [-0.3, -0.25) is 10.1 Å². The Morgan fingerprint density at radius 2 is 2.00 bits per heavy atom. The van der Waals surface area contributed by atoms with Crippen LogP contribution < -0.4 is 10.6 Å². The normalized spacial score (nSPS) is 10.6. The third kappa shape index (κ3) is 4.60. The second-order valence-corrected chi connectivity index (χ2v) is 5.58. The average Bonchev–Trinajstić information content (AvgIpc) is 2.46. The van der Waals surface area contributed by atoms with Gasteiger partial charge in [0.1, 0.15) is 12.1 Å². The van der Waals surface area contributed by atoms with E-state index in [1.165, 1.54) is 6.33 Å². The van der Waals surface area contributed by atoms with Gasteiger partial charge in [0, 0.05) is 12.2 Å². The van der Waals surface area contributed by atoms with E-state index in [4.69, 9.17) is 0 Å². The Morgan fingerprint density at radius 3 is 2.65 bits per heavy atom. The van der Waals surface area contributed by atoms with Crippen LogP contribution in [0.25, 0.3) is 0 Å². The zero-order valence-corrected chi connectivity index (χ0v) is 13.4. The molecule has 8 heteroatoms. The van der Waals surface area contributed by atoms with E-state index in [9.17, 15) is 10.1 Å². The first-order chi connectivity index (χ1) is 11.0. The van der Waals surface area contributed by atoms with Gasteiger partial charge in [-0.1, -0.05) is 19.9 Å². The second kappa shape index (κ2) is 7.48. The molecule has 0 bridgehead atoms. The maximum atomic E-state index is 11.4. The molecule has 0 amide bonds. The minimum atomic E-state index is -0.490. The fourth-order valence-electron chi connectivity index (χ4n) is 1.99. The molecule has 122 valence electrons. The summed E-state index contributed by atoms with van der Waals surface area (Å²) in [6.45, 7) is 6.63. The summed E-state index contributed by atoms with van der Waals surface area (Å²) < 4.78 is 0. The van der Waals surface area contributed by atoms with Crippen molar-refractivity contribution in [3.8, 4) is 0 Å². The predicted octanol–water partition coefficient (Wildman–Crippen LogP) is 3.29. The molecule has 0 atom stereocenters. The molecule has 8 nitrogen and oxygen atoms in total. The van der Waals surface area contributed by atoms with Gasteiger partial charge in [0.2, 0.25) is 11.6 Å². The van der Waals surface area contributed by atoms with Crippen molar-refractivity contribution in [2.24, 2.45) is 5.92 Å². The van der Waals surface area contributed by atoms with Crippen molar-refractivity contribution in [2.75, 3.05) is 17.2 Å². The number of rotatable bonds is 7. The van der Waals surface area contributed by atoms with Gasteiger partial charge in [-0.2, -0.15) is 0 Å². The fourth-order valence-corrected chi connectivity index (χ4v) is 1.99. The highest BCUT2D eigenvalue weighted by Gasteiger charge is 2.23. The van der Waals surface area contributed by atoms with Gasteiger partial charge in [-0.05, 0) is 31.4 Å². The highest BCUT2D eigenvalue weighted by atomic mass is 16.6. The Kier molecular flexibility index (Phi) is 5.40. The van der Waals surface area contributed by atoms with E-state index in [1.807, 2.05) is 19.1 Å². The summed E-state index contributed by atoms with van der Waals surface area (Å²) in [7, 11) is 0. The van der Waals surface area contributed by atoms with Crippen LogP contribution in [0.4, 0.5) is 23.1 Å². The molecule has 0 aromatic carbocycles. The number of aryl methyl sites for hydroxylation is 1. The molecule has 0 aliphatic carbocycles. The number of aromatic nitrogens is 3. The van der Waals surface area contributed by atoms with Crippen LogP contribution in [0.5, 0.6) is 0 Å². The third-order valence-corrected chi connectivity index (χ3v) is 3.15. The lowest BCUT2D eigenvalue weighted by molar-refractivity contribution is -0.383. The second-order valence-electron chi connectivity index (χ2n) is 5.58. The number of hydrogen-bond acceptors (Lipinski definition) is 7. The summed E-state index contributed by atoms with van der Waals surface area (Å²) in [6.07, 6.45) is 2.19. The van der Waals surface area contributed by atoms with Gasteiger partial charge < -0.3 is 10.6 Å². The zero-order valence-electron chi connectivity index (χ0n) is 13.4. The zero-order chi connectivity index (χ0) is 16.8. The van der Waals surface area contributed by atoms with Crippen LogP contribution >= 0.6 is 0 Å². The molecule has 0 unspecified atom stereocenters. The quantitative estimate of drug-likeness (QED) is 0.596. The van der Waals surface area contributed by atoms with Crippen molar-refractivity contribution < 1.29 is 4.92 Å². The van der Waals surface area contributed by atoms with Crippen LogP contribution in [-0.4, -0.2) is 26.4 Å².